The minimum atomic E-state index is -1.81. The van der Waals surface area contributed by atoms with Gasteiger partial charge in [0.1, 0.15) is 6.61 Å². The molecule has 5 rings (SSSR count). The average Bonchev–Trinajstić information content (AvgIpc) is 3.20. The summed E-state index contributed by atoms with van der Waals surface area (Å²) in [6.45, 7) is 7.07. The van der Waals surface area contributed by atoms with Gasteiger partial charge in [0.2, 0.25) is 0 Å². The first kappa shape index (κ1) is 31.4. The van der Waals surface area contributed by atoms with E-state index in [1.165, 1.54) is 5.56 Å². The number of benzene rings is 1. The Morgan fingerprint density at radius 2 is 1.89 bits per heavy atom. The number of hydrogen-bond donors (Lipinski definition) is 4. The fourth-order valence-corrected chi connectivity index (χ4v) is 4.88. The molecule has 0 fully saturated rings. The fraction of sp³-hybridized carbons (Fsp3) is 0.400. The van der Waals surface area contributed by atoms with E-state index in [1.807, 2.05) is 18.2 Å². The number of ether oxygens (including phenoxy) is 1. The van der Waals surface area contributed by atoms with Crippen LogP contribution in [0.15, 0.2) is 35.1 Å². The Hall–Kier alpha value is -1.84. The molecule has 8 N–H and O–H groups in total. The number of rotatable bonds is 5. The second-order valence-corrected chi connectivity index (χ2v) is 12.2. The van der Waals surface area contributed by atoms with Gasteiger partial charge in [-0.2, -0.15) is 0 Å². The molecule has 0 amide bonds. The standard InChI is InChI=1S/C25H27N3O4.2ClH.2H3N.Pt/c1-4-25(31)19-11-21-22-17(12-28(21)23(29)18(19)13-32-24(25)30)15(9-10-26-14(2)3)16-7-5-6-8-20(16)27-22;;;;;/h5-8,11,14,26,31H,4,9-10,12-13H2,1-3H3;2*1H;2*1H3;/q;;;;;+2/p-2/t25-;;;;;/m0...../s1. The molecule has 2 aliphatic rings. The number of esters is 1. The second-order valence-electron chi connectivity index (χ2n) is 8.94. The average molecular weight is 734 g/mol. The Labute approximate surface area is 232 Å². The molecule has 1 atom stereocenters. The number of carbonyl (C=O) groups is 1. The Kier molecular flexibility index (Phi) is 10.9. The van der Waals surface area contributed by atoms with Gasteiger partial charge in [-0.3, -0.25) is 4.79 Å². The number of halogens is 2. The SMILES string of the molecule is CC[C@@]1(O)C(=O)OCc2c1cc1n(c2=O)Cc2c-1nc1ccccc1c2CCNC(C)C.N.N.[Cl][Pt][Cl]. The summed E-state index contributed by atoms with van der Waals surface area (Å²) in [6, 6.07) is 10.2. The molecule has 4 heterocycles. The zero-order valence-electron chi connectivity index (χ0n) is 21.1. The van der Waals surface area contributed by atoms with Crippen LogP contribution >= 0.6 is 18.8 Å². The number of aliphatic hydroxyl groups is 1. The molecule has 0 aliphatic carbocycles. The van der Waals surface area contributed by atoms with Crippen LogP contribution in [0.2, 0.25) is 0 Å². The van der Waals surface area contributed by atoms with Crippen molar-refractivity contribution in [3.8, 4) is 11.4 Å². The number of nitrogens with one attached hydrogen (secondary N) is 1. The van der Waals surface area contributed by atoms with E-state index in [2.05, 4.69) is 25.2 Å². The number of hydrogen-bond acceptors (Lipinski definition) is 8. The quantitative estimate of drug-likeness (QED) is 0.221. The third-order valence-corrected chi connectivity index (χ3v) is 6.64. The van der Waals surface area contributed by atoms with Crippen LogP contribution in [-0.4, -0.2) is 33.2 Å². The van der Waals surface area contributed by atoms with Gasteiger partial charge in [0.15, 0.2) is 5.60 Å². The Morgan fingerprint density at radius 3 is 2.54 bits per heavy atom. The molecule has 9 nitrogen and oxygen atoms in total. The predicted molar refractivity (Wildman–Crippen MR) is 143 cm³/mol. The Balaban J connectivity index is 0.000000919. The monoisotopic (exact) mass is 732 g/mol. The first-order valence-electron chi connectivity index (χ1n) is 11.4. The summed E-state index contributed by atoms with van der Waals surface area (Å²) in [4.78, 5) is 30.7. The van der Waals surface area contributed by atoms with E-state index in [0.717, 1.165) is 35.1 Å². The summed E-state index contributed by atoms with van der Waals surface area (Å²) in [5.41, 5.74) is 3.12. The number of para-hydroxylation sites is 1. The van der Waals surface area contributed by atoms with Crippen molar-refractivity contribution in [3.63, 3.8) is 0 Å². The van der Waals surface area contributed by atoms with Crippen molar-refractivity contribution < 1.29 is 31.1 Å². The third kappa shape index (κ3) is 5.64. The molecule has 0 saturated carbocycles. The summed E-state index contributed by atoms with van der Waals surface area (Å²) < 4.78 is 6.86. The van der Waals surface area contributed by atoms with Crippen molar-refractivity contribution in [1.29, 1.82) is 0 Å². The normalized spacial score (nSPS) is 17.1. The number of carbonyl (C=O) groups excluding carboxylic acids is 1. The van der Waals surface area contributed by atoms with Crippen LogP contribution in [0.5, 0.6) is 0 Å². The molecule has 0 unspecified atom stereocenters. The van der Waals surface area contributed by atoms with Gasteiger partial charge in [-0.25, -0.2) is 9.78 Å². The molecule has 37 heavy (non-hydrogen) atoms. The molecule has 2 aromatic heterocycles. The fourth-order valence-electron chi connectivity index (χ4n) is 4.88. The molecule has 206 valence electrons. The summed E-state index contributed by atoms with van der Waals surface area (Å²) in [6.07, 6.45) is 0.943. The van der Waals surface area contributed by atoms with Crippen LogP contribution in [0, 0.1) is 0 Å². The number of pyridine rings is 2. The van der Waals surface area contributed by atoms with Gasteiger partial charge in [-0.15, -0.1) is 0 Å². The van der Waals surface area contributed by atoms with Crippen molar-refractivity contribution >= 4 is 35.7 Å². The Bertz CT molecular complexity index is 1350. The second kappa shape index (κ2) is 12.8. The van der Waals surface area contributed by atoms with E-state index in [1.54, 1.807) is 17.6 Å². The molecule has 0 bridgehead atoms. The molecule has 1 aromatic carbocycles. The van der Waals surface area contributed by atoms with E-state index < -0.39 is 28.1 Å². The van der Waals surface area contributed by atoms with Crippen molar-refractivity contribution in [2.75, 3.05) is 6.54 Å². The first-order chi connectivity index (χ1) is 16.8. The summed E-state index contributed by atoms with van der Waals surface area (Å²) in [7, 11) is 9.75. The molecule has 2 aliphatic heterocycles. The topological polar surface area (TPSA) is 163 Å². The van der Waals surface area contributed by atoms with Crippen LogP contribution < -0.4 is 23.2 Å². The van der Waals surface area contributed by atoms with E-state index in [-0.39, 0.29) is 30.9 Å². The Morgan fingerprint density at radius 1 is 1.22 bits per heavy atom. The number of fused-ring (bicyclic) bond motifs is 5. The number of cyclic esters (lactones) is 1. The van der Waals surface area contributed by atoms with Crippen molar-refractivity contribution in [3.05, 3.63) is 62.9 Å². The van der Waals surface area contributed by atoms with Crippen LogP contribution in [0.1, 0.15) is 49.4 Å². The van der Waals surface area contributed by atoms with Crippen molar-refractivity contribution in [2.24, 2.45) is 0 Å². The van der Waals surface area contributed by atoms with Gasteiger partial charge in [0.25, 0.3) is 5.56 Å². The predicted octanol–water partition coefficient (Wildman–Crippen LogP) is 4.32. The summed E-state index contributed by atoms with van der Waals surface area (Å²) in [5, 5.41) is 15.6. The molecule has 0 saturated heterocycles. The van der Waals surface area contributed by atoms with E-state index in [4.69, 9.17) is 28.6 Å². The number of nitrogens with zero attached hydrogens (tertiary/aromatic N) is 2. The van der Waals surface area contributed by atoms with Crippen molar-refractivity contribution in [2.45, 2.75) is 58.4 Å². The van der Waals surface area contributed by atoms with Crippen LogP contribution in [0.3, 0.4) is 0 Å². The molecular weight excluding hydrogens is 700 g/mol. The van der Waals surface area contributed by atoms with E-state index in [0.29, 0.717) is 29.4 Å². The molecular formula is C25H33Cl2N5O4Pt. The zero-order chi connectivity index (χ0) is 25.3. The van der Waals surface area contributed by atoms with Crippen LogP contribution in [-0.2, 0) is 51.2 Å². The van der Waals surface area contributed by atoms with Crippen molar-refractivity contribution in [1.82, 2.24) is 27.2 Å². The maximum atomic E-state index is 13.4. The van der Waals surface area contributed by atoms with Gasteiger partial charge in [0.05, 0.1) is 29.0 Å². The van der Waals surface area contributed by atoms with Gasteiger partial charge in [-0.1, -0.05) is 39.0 Å². The molecule has 0 spiro atoms. The van der Waals surface area contributed by atoms with Crippen LogP contribution in [0.4, 0.5) is 0 Å². The van der Waals surface area contributed by atoms with Gasteiger partial charge >= 0.3 is 41.3 Å². The zero-order valence-corrected chi connectivity index (χ0v) is 24.8. The minimum absolute atomic E-state index is 0. The van der Waals surface area contributed by atoms with E-state index >= 15 is 0 Å². The first-order valence-corrected chi connectivity index (χ1v) is 17.0. The maximum absolute atomic E-state index is 13.4. The van der Waals surface area contributed by atoms with Gasteiger partial charge < -0.3 is 32.0 Å². The molecule has 0 radical (unpaired) electrons. The summed E-state index contributed by atoms with van der Waals surface area (Å²) in [5.74, 6) is -0.706. The van der Waals surface area contributed by atoms with Gasteiger partial charge in [0, 0.05) is 22.6 Å². The third-order valence-electron chi connectivity index (χ3n) is 6.64. The summed E-state index contributed by atoms with van der Waals surface area (Å²) >= 11 is -0.472. The van der Waals surface area contributed by atoms with Gasteiger partial charge in [-0.05, 0) is 37.1 Å². The van der Waals surface area contributed by atoms with E-state index in [9.17, 15) is 14.7 Å². The molecule has 3 aromatic rings. The number of aromatic nitrogens is 2. The molecule has 12 heteroatoms. The van der Waals surface area contributed by atoms with Crippen LogP contribution in [0.25, 0.3) is 22.3 Å².